The van der Waals surface area contributed by atoms with Crippen LogP contribution >= 0.6 is 0 Å². The lowest BCUT2D eigenvalue weighted by molar-refractivity contribution is -0.00181. The van der Waals surface area contributed by atoms with Crippen molar-refractivity contribution in [2.75, 3.05) is 13.2 Å². The zero-order chi connectivity index (χ0) is 20.8. The maximum Gasteiger partial charge on any atom is 0.167 e. The van der Waals surface area contributed by atoms with Crippen LogP contribution < -0.4 is 4.74 Å². The van der Waals surface area contributed by atoms with E-state index in [1.54, 1.807) is 12.1 Å². The molecule has 3 rings (SSSR count). The van der Waals surface area contributed by atoms with Crippen molar-refractivity contribution in [1.29, 1.82) is 0 Å². The van der Waals surface area contributed by atoms with Crippen LogP contribution in [0.2, 0.25) is 0 Å². The van der Waals surface area contributed by atoms with E-state index in [1.165, 1.54) is 18.2 Å². The summed E-state index contributed by atoms with van der Waals surface area (Å²) in [6, 6.07) is 7.27. The van der Waals surface area contributed by atoms with E-state index in [9.17, 15) is 13.2 Å². The van der Waals surface area contributed by atoms with Crippen molar-refractivity contribution in [1.82, 2.24) is 0 Å². The highest BCUT2D eigenvalue weighted by molar-refractivity contribution is 5.66. The Morgan fingerprint density at radius 1 is 0.966 bits per heavy atom. The number of ether oxygens (including phenoxy) is 2. The molecule has 0 N–H and O–H groups in total. The fraction of sp³-hybridized carbons (Fsp3) is 0.500. The van der Waals surface area contributed by atoms with Gasteiger partial charge in [0.05, 0.1) is 19.3 Å². The van der Waals surface area contributed by atoms with Gasteiger partial charge in [0.15, 0.2) is 11.6 Å². The summed E-state index contributed by atoms with van der Waals surface area (Å²) in [7, 11) is 0. The molecule has 2 aromatic carbocycles. The summed E-state index contributed by atoms with van der Waals surface area (Å²) >= 11 is 0. The molecule has 1 aliphatic rings. The van der Waals surface area contributed by atoms with Gasteiger partial charge in [0.2, 0.25) is 0 Å². The molecule has 1 aliphatic heterocycles. The van der Waals surface area contributed by atoms with Gasteiger partial charge in [-0.3, -0.25) is 0 Å². The Kier molecular flexibility index (Phi) is 7.59. The number of hydrogen-bond donors (Lipinski definition) is 0. The SMILES string of the molecule is CCCCOc1ccc(-c2ccc(C3CCC(CCC)OC3)c(F)c2F)c(F)c1. The molecule has 158 valence electrons. The molecule has 0 aromatic heterocycles. The summed E-state index contributed by atoms with van der Waals surface area (Å²) < 4.78 is 55.4. The van der Waals surface area contributed by atoms with Crippen LogP contribution in [-0.4, -0.2) is 19.3 Å². The van der Waals surface area contributed by atoms with Gasteiger partial charge >= 0.3 is 0 Å². The summed E-state index contributed by atoms with van der Waals surface area (Å²) in [5.41, 5.74) is 0.254. The summed E-state index contributed by atoms with van der Waals surface area (Å²) in [6.07, 6.45) is 5.68. The molecule has 0 amide bonds. The first-order valence-electron chi connectivity index (χ1n) is 10.6. The molecule has 0 bridgehead atoms. The van der Waals surface area contributed by atoms with Crippen LogP contribution in [0.3, 0.4) is 0 Å². The van der Waals surface area contributed by atoms with Crippen LogP contribution in [0.25, 0.3) is 11.1 Å². The summed E-state index contributed by atoms with van der Waals surface area (Å²) in [6.45, 7) is 5.03. The van der Waals surface area contributed by atoms with Crippen LogP contribution in [0.1, 0.15) is 63.9 Å². The fourth-order valence-electron chi connectivity index (χ4n) is 3.83. The molecular formula is C24H29F3O2. The topological polar surface area (TPSA) is 18.5 Å². The predicted molar refractivity (Wildman–Crippen MR) is 109 cm³/mol. The molecule has 29 heavy (non-hydrogen) atoms. The first-order chi connectivity index (χ1) is 14.0. The highest BCUT2D eigenvalue weighted by Crippen LogP contribution is 2.36. The van der Waals surface area contributed by atoms with Crippen LogP contribution in [-0.2, 0) is 4.74 Å². The number of benzene rings is 2. The lowest BCUT2D eigenvalue weighted by atomic mass is 9.88. The van der Waals surface area contributed by atoms with E-state index >= 15 is 0 Å². The van der Waals surface area contributed by atoms with Crippen molar-refractivity contribution in [3.8, 4) is 16.9 Å². The zero-order valence-corrected chi connectivity index (χ0v) is 17.1. The first-order valence-corrected chi connectivity index (χ1v) is 10.6. The minimum atomic E-state index is -1.02. The van der Waals surface area contributed by atoms with E-state index in [1.807, 2.05) is 6.92 Å². The molecule has 5 heteroatoms. The third kappa shape index (κ3) is 5.13. The number of hydrogen-bond acceptors (Lipinski definition) is 2. The van der Waals surface area contributed by atoms with Gasteiger partial charge in [-0.25, -0.2) is 13.2 Å². The van der Waals surface area contributed by atoms with E-state index in [2.05, 4.69) is 6.92 Å². The molecular weight excluding hydrogens is 377 g/mol. The molecule has 2 aromatic rings. The number of halogens is 3. The molecule has 0 radical (unpaired) electrons. The normalized spacial score (nSPS) is 19.3. The molecule has 1 saturated heterocycles. The van der Waals surface area contributed by atoms with Crippen molar-refractivity contribution in [2.45, 2.75) is 64.4 Å². The molecule has 0 saturated carbocycles. The Morgan fingerprint density at radius 3 is 2.41 bits per heavy atom. The standard InChI is InChI=1S/C24H29F3O2/c1-3-5-13-28-18-9-10-20(22(25)14-18)21-12-11-19(23(26)24(21)27)16-7-8-17(6-4-2)29-15-16/h9-12,14,16-17H,3-8,13,15H2,1-2H3. The van der Waals surface area contributed by atoms with Crippen molar-refractivity contribution < 1.29 is 22.6 Å². The number of unbranched alkanes of at least 4 members (excludes halogenated alkanes) is 1. The lowest BCUT2D eigenvalue weighted by Crippen LogP contribution is -2.25. The zero-order valence-electron chi connectivity index (χ0n) is 17.1. The van der Waals surface area contributed by atoms with Gasteiger partial charge in [0.25, 0.3) is 0 Å². The third-order valence-electron chi connectivity index (χ3n) is 5.53. The molecule has 2 atom stereocenters. The Labute approximate surface area is 171 Å². The molecule has 2 nitrogen and oxygen atoms in total. The average molecular weight is 406 g/mol. The molecule has 0 aliphatic carbocycles. The monoisotopic (exact) mass is 406 g/mol. The van der Waals surface area contributed by atoms with Gasteiger partial charge in [0, 0.05) is 23.1 Å². The van der Waals surface area contributed by atoms with Crippen molar-refractivity contribution >= 4 is 0 Å². The second-order valence-corrected chi connectivity index (χ2v) is 7.69. The molecule has 1 heterocycles. The molecule has 2 unspecified atom stereocenters. The summed E-state index contributed by atoms with van der Waals surface area (Å²) in [5.74, 6) is -2.35. The smallest absolute Gasteiger partial charge is 0.167 e. The van der Waals surface area contributed by atoms with E-state index in [0.29, 0.717) is 24.5 Å². The lowest BCUT2D eigenvalue weighted by Gasteiger charge is -2.29. The van der Waals surface area contributed by atoms with E-state index in [0.717, 1.165) is 38.5 Å². The fourth-order valence-corrected chi connectivity index (χ4v) is 3.83. The Bertz CT molecular complexity index is 814. The van der Waals surface area contributed by atoms with E-state index in [-0.39, 0.29) is 23.1 Å². The maximum absolute atomic E-state index is 14.8. The average Bonchev–Trinajstić information content (AvgIpc) is 2.72. The first kappa shape index (κ1) is 21.7. The second-order valence-electron chi connectivity index (χ2n) is 7.69. The summed E-state index contributed by atoms with van der Waals surface area (Å²) in [5, 5.41) is 0. The highest BCUT2D eigenvalue weighted by atomic mass is 19.2. The van der Waals surface area contributed by atoms with Gasteiger partial charge in [-0.05, 0) is 43.4 Å². The van der Waals surface area contributed by atoms with Crippen molar-refractivity contribution in [3.63, 3.8) is 0 Å². The minimum absolute atomic E-state index is 0.0266. The van der Waals surface area contributed by atoms with Crippen molar-refractivity contribution in [3.05, 3.63) is 53.3 Å². The Balaban J connectivity index is 1.77. The van der Waals surface area contributed by atoms with E-state index in [4.69, 9.17) is 9.47 Å². The van der Waals surface area contributed by atoms with Gasteiger partial charge in [-0.1, -0.05) is 38.8 Å². The predicted octanol–water partition coefficient (Wildman–Crippen LogP) is 7.01. The Morgan fingerprint density at radius 2 is 1.76 bits per heavy atom. The van der Waals surface area contributed by atoms with Gasteiger partial charge in [-0.2, -0.15) is 0 Å². The number of rotatable bonds is 8. The summed E-state index contributed by atoms with van der Waals surface area (Å²) in [4.78, 5) is 0. The van der Waals surface area contributed by atoms with Crippen LogP contribution in [0.5, 0.6) is 5.75 Å². The highest BCUT2D eigenvalue weighted by Gasteiger charge is 2.27. The molecule has 1 fully saturated rings. The van der Waals surface area contributed by atoms with Gasteiger partial charge in [0.1, 0.15) is 11.6 Å². The van der Waals surface area contributed by atoms with Crippen LogP contribution in [0, 0.1) is 17.5 Å². The van der Waals surface area contributed by atoms with Gasteiger partial charge < -0.3 is 9.47 Å². The van der Waals surface area contributed by atoms with Crippen LogP contribution in [0.15, 0.2) is 30.3 Å². The largest absolute Gasteiger partial charge is 0.493 e. The van der Waals surface area contributed by atoms with Crippen molar-refractivity contribution in [2.24, 2.45) is 0 Å². The second kappa shape index (κ2) is 10.1. The quantitative estimate of drug-likeness (QED) is 0.439. The third-order valence-corrected chi connectivity index (χ3v) is 5.53. The minimum Gasteiger partial charge on any atom is -0.493 e. The molecule has 0 spiro atoms. The Hall–Kier alpha value is -2.01. The van der Waals surface area contributed by atoms with Gasteiger partial charge in [-0.15, -0.1) is 0 Å². The van der Waals surface area contributed by atoms with E-state index < -0.39 is 17.5 Å². The van der Waals surface area contributed by atoms with Crippen LogP contribution in [0.4, 0.5) is 13.2 Å². The maximum atomic E-state index is 14.8.